The molecule has 0 aliphatic heterocycles. The number of nitrogens with zero attached hydrogens (tertiary/aromatic N) is 1. The van der Waals surface area contributed by atoms with Crippen molar-refractivity contribution >= 4 is 27.6 Å². The molecule has 2 aromatic rings. The third kappa shape index (κ3) is 5.91. The molecule has 0 fully saturated rings. The molecule has 0 radical (unpaired) electrons. The van der Waals surface area contributed by atoms with Crippen LogP contribution in [0.3, 0.4) is 0 Å². The molecule has 0 aromatic heterocycles. The number of ether oxygens (including phenoxy) is 1. The molecule has 0 heterocycles. The number of anilines is 1. The molecule has 2 aromatic carbocycles. The van der Waals surface area contributed by atoms with Gasteiger partial charge in [0.15, 0.2) is 0 Å². The highest BCUT2D eigenvalue weighted by Gasteiger charge is 2.16. The first-order chi connectivity index (χ1) is 12.8. The first-order valence-electron chi connectivity index (χ1n) is 7.83. The van der Waals surface area contributed by atoms with Gasteiger partial charge >= 0.3 is 5.97 Å². The molecule has 1 amide bonds. The van der Waals surface area contributed by atoms with Gasteiger partial charge in [0.25, 0.3) is 0 Å². The average Bonchev–Trinajstić information content (AvgIpc) is 2.65. The summed E-state index contributed by atoms with van der Waals surface area (Å²) in [6.07, 6.45) is 0. The van der Waals surface area contributed by atoms with Gasteiger partial charge in [0.1, 0.15) is 13.2 Å². The lowest BCUT2D eigenvalue weighted by Gasteiger charge is -2.09. The second kappa shape index (κ2) is 8.93. The van der Waals surface area contributed by atoms with Crippen molar-refractivity contribution in [3.63, 3.8) is 0 Å². The predicted octanol–water partition coefficient (Wildman–Crippen LogP) is 1.54. The van der Waals surface area contributed by atoms with E-state index < -0.39 is 22.5 Å². The Morgan fingerprint density at radius 1 is 1.11 bits per heavy atom. The van der Waals surface area contributed by atoms with Crippen LogP contribution < -0.4 is 10.0 Å². The van der Waals surface area contributed by atoms with E-state index in [1.807, 2.05) is 6.07 Å². The Hall–Kier alpha value is -3.22. The molecular formula is C18H17N3O5S. The van der Waals surface area contributed by atoms with Crippen LogP contribution in [-0.4, -0.2) is 26.8 Å². The smallest absolute Gasteiger partial charge is 0.321 e. The molecular weight excluding hydrogens is 370 g/mol. The Morgan fingerprint density at radius 2 is 1.78 bits per heavy atom. The van der Waals surface area contributed by atoms with Crippen LogP contribution in [-0.2, 0) is 31.0 Å². The van der Waals surface area contributed by atoms with E-state index in [1.165, 1.54) is 31.2 Å². The van der Waals surface area contributed by atoms with Crippen LogP contribution in [0.4, 0.5) is 5.69 Å². The minimum Gasteiger partial charge on any atom is -0.460 e. The van der Waals surface area contributed by atoms with E-state index in [9.17, 15) is 18.0 Å². The second-order valence-electron chi connectivity index (χ2n) is 5.46. The number of benzene rings is 2. The fraction of sp³-hybridized carbons (Fsp3) is 0.167. The number of hydrogen-bond donors (Lipinski definition) is 2. The first kappa shape index (κ1) is 20.1. The lowest BCUT2D eigenvalue weighted by Crippen LogP contribution is -2.30. The van der Waals surface area contributed by atoms with Crippen molar-refractivity contribution in [3.8, 4) is 6.07 Å². The van der Waals surface area contributed by atoms with Crippen LogP contribution in [0.25, 0.3) is 0 Å². The summed E-state index contributed by atoms with van der Waals surface area (Å²) in [5.74, 6) is -1.05. The minimum atomic E-state index is -3.91. The first-order valence-corrected chi connectivity index (χ1v) is 9.31. The van der Waals surface area contributed by atoms with Crippen LogP contribution in [0.15, 0.2) is 53.4 Å². The minimum absolute atomic E-state index is 0.0563. The van der Waals surface area contributed by atoms with Gasteiger partial charge in [-0.05, 0) is 30.3 Å². The third-order valence-electron chi connectivity index (χ3n) is 3.42. The van der Waals surface area contributed by atoms with Crippen molar-refractivity contribution in [3.05, 3.63) is 59.7 Å². The van der Waals surface area contributed by atoms with Crippen molar-refractivity contribution in [2.24, 2.45) is 0 Å². The molecule has 0 atom stereocenters. The topological polar surface area (TPSA) is 125 Å². The predicted molar refractivity (Wildman–Crippen MR) is 96.9 cm³/mol. The fourth-order valence-corrected chi connectivity index (χ4v) is 3.09. The molecule has 0 saturated heterocycles. The quantitative estimate of drug-likeness (QED) is 0.694. The normalized spacial score (nSPS) is 10.7. The van der Waals surface area contributed by atoms with E-state index in [1.54, 1.807) is 24.3 Å². The number of sulfonamides is 1. The highest BCUT2D eigenvalue weighted by Crippen LogP contribution is 2.14. The maximum absolute atomic E-state index is 12.2. The number of esters is 1. The molecule has 2 rings (SSSR count). The van der Waals surface area contributed by atoms with Crippen LogP contribution in [0, 0.1) is 11.3 Å². The molecule has 0 bridgehead atoms. The Kier molecular flexibility index (Phi) is 6.65. The Balaban J connectivity index is 1.91. The van der Waals surface area contributed by atoms with E-state index >= 15 is 0 Å². The van der Waals surface area contributed by atoms with Crippen LogP contribution in [0.5, 0.6) is 0 Å². The summed E-state index contributed by atoms with van der Waals surface area (Å²) < 4.78 is 31.5. The molecule has 8 nitrogen and oxygen atoms in total. The standard InChI is InChI=1S/C18H17N3O5S/c1-13(22)21-16-6-8-17(9-7-16)27(24,25)20-11-18(23)26-12-15-5-3-2-4-14(15)10-19/h2-9,20H,11-12H2,1H3,(H,21,22). The molecule has 140 valence electrons. The molecule has 2 N–H and O–H groups in total. The van der Waals surface area contributed by atoms with Gasteiger partial charge in [-0.25, -0.2) is 8.42 Å². The fourth-order valence-electron chi connectivity index (χ4n) is 2.12. The summed E-state index contributed by atoms with van der Waals surface area (Å²) in [5, 5.41) is 11.5. The van der Waals surface area contributed by atoms with Crippen LogP contribution in [0.2, 0.25) is 0 Å². The zero-order valence-electron chi connectivity index (χ0n) is 14.4. The third-order valence-corrected chi connectivity index (χ3v) is 4.84. The van der Waals surface area contributed by atoms with Gasteiger partial charge in [-0.1, -0.05) is 18.2 Å². The Bertz CT molecular complexity index is 979. The van der Waals surface area contributed by atoms with E-state index in [0.29, 0.717) is 16.8 Å². The lowest BCUT2D eigenvalue weighted by molar-refractivity contribution is -0.143. The largest absolute Gasteiger partial charge is 0.460 e. The summed E-state index contributed by atoms with van der Waals surface area (Å²) in [7, 11) is -3.91. The van der Waals surface area contributed by atoms with Gasteiger partial charge in [-0.2, -0.15) is 9.98 Å². The number of rotatable bonds is 7. The summed E-state index contributed by atoms with van der Waals surface area (Å²) >= 11 is 0. The number of nitrogens with one attached hydrogen (secondary N) is 2. The number of nitriles is 1. The Morgan fingerprint density at radius 3 is 2.41 bits per heavy atom. The van der Waals surface area contributed by atoms with Gasteiger partial charge in [-0.15, -0.1) is 0 Å². The van der Waals surface area contributed by atoms with E-state index in [-0.39, 0.29) is 17.4 Å². The Labute approximate surface area is 156 Å². The number of carbonyl (C=O) groups excluding carboxylic acids is 2. The number of carbonyl (C=O) groups is 2. The van der Waals surface area contributed by atoms with Gasteiger partial charge in [0, 0.05) is 18.2 Å². The van der Waals surface area contributed by atoms with Gasteiger partial charge in [-0.3, -0.25) is 9.59 Å². The lowest BCUT2D eigenvalue weighted by atomic mass is 10.1. The molecule has 0 saturated carbocycles. The monoisotopic (exact) mass is 387 g/mol. The van der Waals surface area contributed by atoms with Crippen molar-refractivity contribution < 1.29 is 22.7 Å². The zero-order valence-corrected chi connectivity index (χ0v) is 15.2. The number of amides is 1. The maximum atomic E-state index is 12.2. The van der Waals surface area contributed by atoms with Gasteiger partial charge < -0.3 is 10.1 Å². The van der Waals surface area contributed by atoms with Crippen molar-refractivity contribution in [2.45, 2.75) is 18.4 Å². The highest BCUT2D eigenvalue weighted by atomic mass is 32.2. The molecule has 9 heteroatoms. The second-order valence-corrected chi connectivity index (χ2v) is 7.23. The molecule has 27 heavy (non-hydrogen) atoms. The van der Waals surface area contributed by atoms with Crippen LogP contribution in [0.1, 0.15) is 18.1 Å². The average molecular weight is 387 g/mol. The summed E-state index contributed by atoms with van der Waals surface area (Å²) in [6.45, 7) is 0.660. The molecule has 0 aliphatic carbocycles. The summed E-state index contributed by atoms with van der Waals surface area (Å²) in [5.41, 5.74) is 1.37. The van der Waals surface area contributed by atoms with E-state index in [4.69, 9.17) is 10.00 Å². The maximum Gasteiger partial charge on any atom is 0.321 e. The van der Waals surface area contributed by atoms with Crippen LogP contribution >= 0.6 is 0 Å². The summed E-state index contributed by atoms with van der Waals surface area (Å²) in [4.78, 5) is 22.7. The van der Waals surface area contributed by atoms with E-state index in [2.05, 4.69) is 10.0 Å². The number of hydrogen-bond acceptors (Lipinski definition) is 6. The van der Waals surface area contributed by atoms with Crippen molar-refractivity contribution in [2.75, 3.05) is 11.9 Å². The SMILES string of the molecule is CC(=O)Nc1ccc(S(=O)(=O)NCC(=O)OCc2ccccc2C#N)cc1. The van der Waals surface area contributed by atoms with Gasteiger partial charge in [0.05, 0.1) is 16.5 Å². The van der Waals surface area contributed by atoms with Crippen molar-refractivity contribution in [1.82, 2.24) is 4.72 Å². The molecule has 0 aliphatic rings. The molecule has 0 unspecified atom stereocenters. The summed E-state index contributed by atoms with van der Waals surface area (Å²) in [6, 6.07) is 14.1. The van der Waals surface area contributed by atoms with E-state index in [0.717, 1.165) is 0 Å². The van der Waals surface area contributed by atoms with Gasteiger partial charge in [0.2, 0.25) is 15.9 Å². The molecule has 0 spiro atoms. The highest BCUT2D eigenvalue weighted by molar-refractivity contribution is 7.89. The zero-order chi connectivity index (χ0) is 19.9. The van der Waals surface area contributed by atoms with Crippen molar-refractivity contribution in [1.29, 1.82) is 5.26 Å².